The van der Waals surface area contributed by atoms with E-state index in [1.54, 1.807) is 0 Å². The lowest BCUT2D eigenvalue weighted by molar-refractivity contribution is -0.0524. The monoisotopic (exact) mass is 647 g/mol. The zero-order valence-corrected chi connectivity index (χ0v) is 29.2. The molecule has 0 aromatic heterocycles. The topological polar surface area (TPSA) is 65.3 Å². The molecular formula is C43H61N5. The maximum Gasteiger partial charge on any atom is 0.0236 e. The molecule has 4 bridgehead atoms. The normalized spacial score (nSPS) is 28.4. The number of nitrogens with one attached hydrogen (secondary N) is 3. The van der Waals surface area contributed by atoms with Crippen molar-refractivity contribution < 1.29 is 0 Å². The van der Waals surface area contributed by atoms with E-state index in [1.165, 1.54) is 81.1 Å². The van der Waals surface area contributed by atoms with E-state index in [-0.39, 0.29) is 0 Å². The van der Waals surface area contributed by atoms with Crippen LogP contribution in [0.1, 0.15) is 68.1 Å². The molecule has 5 aliphatic rings. The zero-order chi connectivity index (χ0) is 32.6. The van der Waals surface area contributed by atoms with Gasteiger partial charge < -0.3 is 21.7 Å². The molecule has 0 amide bonds. The van der Waals surface area contributed by atoms with Crippen LogP contribution in [0.4, 0.5) is 0 Å². The molecule has 1 heterocycles. The van der Waals surface area contributed by atoms with Crippen LogP contribution in [0.25, 0.3) is 0 Å². The van der Waals surface area contributed by atoms with Crippen molar-refractivity contribution in [2.24, 2.45) is 28.9 Å². The van der Waals surface area contributed by atoms with Crippen molar-refractivity contribution in [3.05, 3.63) is 108 Å². The van der Waals surface area contributed by atoms with Crippen molar-refractivity contribution in [1.29, 1.82) is 0 Å². The summed E-state index contributed by atoms with van der Waals surface area (Å²) in [4.78, 5) is 2.76. The van der Waals surface area contributed by atoms with Gasteiger partial charge in [-0.1, -0.05) is 91.0 Å². The number of hydrogen-bond donors (Lipinski definition) is 4. The standard InChI is InChI=1S/C43H61N5/c44-28-39(22-33-11-4-1-5-12-33)46-30-42-17-10-18-48(42)31-41(24-35-15-8-3-9-16-35)45-29-40(23-34-13-6-2-7-14-34)47-32-43-25-36-19-37(26-43)21-38(20-36)27-43/h1-9,11-16,36-42,45-47H,10,17-32,44H2/t36?,37?,38?,39-,40-,41-,42-,43?/m0/s1. The quantitative estimate of drug-likeness (QED) is 0.132. The van der Waals surface area contributed by atoms with E-state index in [0.717, 1.165) is 56.7 Å². The van der Waals surface area contributed by atoms with Gasteiger partial charge >= 0.3 is 0 Å². The van der Waals surface area contributed by atoms with Crippen LogP contribution in [0, 0.1) is 23.2 Å². The van der Waals surface area contributed by atoms with E-state index in [0.29, 0.717) is 36.1 Å². The second-order valence-electron chi connectivity index (χ2n) is 16.3. The summed E-state index contributed by atoms with van der Waals surface area (Å²) in [6, 6.07) is 34.8. The Morgan fingerprint density at radius 1 is 0.646 bits per heavy atom. The summed E-state index contributed by atoms with van der Waals surface area (Å²) in [6.07, 6.45) is 14.6. The molecule has 8 rings (SSSR count). The van der Waals surface area contributed by atoms with Crippen LogP contribution in [-0.2, 0) is 19.3 Å². The lowest BCUT2D eigenvalue weighted by Crippen LogP contribution is -2.54. The van der Waals surface area contributed by atoms with E-state index in [2.05, 4.69) is 112 Å². The maximum absolute atomic E-state index is 6.25. The van der Waals surface area contributed by atoms with Gasteiger partial charge in [-0.3, -0.25) is 4.90 Å². The van der Waals surface area contributed by atoms with Gasteiger partial charge in [-0.05, 0) is 117 Å². The third kappa shape index (κ3) is 9.17. The van der Waals surface area contributed by atoms with Crippen LogP contribution in [0.3, 0.4) is 0 Å². The fourth-order valence-electron chi connectivity index (χ4n) is 10.5. The van der Waals surface area contributed by atoms with E-state index in [1.807, 2.05) is 0 Å². The molecule has 0 unspecified atom stereocenters. The number of hydrogen-bond acceptors (Lipinski definition) is 5. The molecule has 258 valence electrons. The molecule has 48 heavy (non-hydrogen) atoms. The Balaban J connectivity index is 0.995. The van der Waals surface area contributed by atoms with E-state index in [4.69, 9.17) is 5.73 Å². The second-order valence-corrected chi connectivity index (χ2v) is 16.3. The first-order valence-electron chi connectivity index (χ1n) is 19.4. The Morgan fingerprint density at radius 2 is 1.17 bits per heavy atom. The van der Waals surface area contributed by atoms with Gasteiger partial charge in [-0.2, -0.15) is 0 Å². The first kappa shape index (κ1) is 33.9. The van der Waals surface area contributed by atoms with Gasteiger partial charge in [0.15, 0.2) is 0 Å². The molecule has 4 atom stereocenters. The van der Waals surface area contributed by atoms with Gasteiger partial charge in [0.1, 0.15) is 0 Å². The smallest absolute Gasteiger partial charge is 0.0236 e. The Kier molecular flexibility index (Phi) is 11.6. The highest BCUT2D eigenvalue weighted by Crippen LogP contribution is 2.59. The van der Waals surface area contributed by atoms with E-state index in [9.17, 15) is 0 Å². The van der Waals surface area contributed by atoms with Crippen molar-refractivity contribution in [3.63, 3.8) is 0 Å². The van der Waals surface area contributed by atoms with Gasteiger partial charge in [0.05, 0.1) is 0 Å². The molecule has 0 radical (unpaired) electrons. The number of benzene rings is 3. The van der Waals surface area contributed by atoms with Gasteiger partial charge in [0, 0.05) is 56.9 Å². The lowest BCUT2D eigenvalue weighted by Gasteiger charge is -2.57. The van der Waals surface area contributed by atoms with Crippen LogP contribution in [0.5, 0.6) is 0 Å². The molecule has 5 N–H and O–H groups in total. The van der Waals surface area contributed by atoms with Crippen molar-refractivity contribution >= 4 is 0 Å². The molecule has 4 saturated carbocycles. The third-order valence-electron chi connectivity index (χ3n) is 12.4. The predicted octanol–water partition coefficient (Wildman–Crippen LogP) is 6.23. The first-order valence-corrected chi connectivity index (χ1v) is 19.4. The molecule has 3 aromatic carbocycles. The largest absolute Gasteiger partial charge is 0.329 e. The average molecular weight is 648 g/mol. The highest BCUT2D eigenvalue weighted by Gasteiger charge is 2.50. The van der Waals surface area contributed by atoms with Gasteiger partial charge in [-0.15, -0.1) is 0 Å². The van der Waals surface area contributed by atoms with Crippen molar-refractivity contribution in [1.82, 2.24) is 20.9 Å². The average Bonchev–Trinajstić information content (AvgIpc) is 3.55. The van der Waals surface area contributed by atoms with Crippen molar-refractivity contribution in [3.8, 4) is 0 Å². The number of likely N-dealkylation sites (tertiary alicyclic amines) is 1. The molecule has 4 aliphatic carbocycles. The molecule has 5 fully saturated rings. The molecule has 5 nitrogen and oxygen atoms in total. The van der Waals surface area contributed by atoms with Crippen LogP contribution >= 0.6 is 0 Å². The van der Waals surface area contributed by atoms with Gasteiger partial charge in [0.2, 0.25) is 0 Å². The molecule has 1 aliphatic heterocycles. The summed E-state index contributed by atoms with van der Waals surface area (Å²) in [5.41, 5.74) is 11.0. The summed E-state index contributed by atoms with van der Waals surface area (Å²) in [6.45, 7) is 6.14. The van der Waals surface area contributed by atoms with Crippen molar-refractivity contribution in [2.45, 2.75) is 94.8 Å². The number of nitrogens with zero attached hydrogens (tertiary/aromatic N) is 1. The summed E-state index contributed by atoms with van der Waals surface area (Å²) in [7, 11) is 0. The van der Waals surface area contributed by atoms with Gasteiger partial charge in [-0.25, -0.2) is 0 Å². The highest BCUT2D eigenvalue weighted by atomic mass is 15.2. The Morgan fingerprint density at radius 3 is 1.71 bits per heavy atom. The fourth-order valence-corrected chi connectivity index (χ4v) is 10.5. The Hall–Kier alpha value is -2.54. The van der Waals surface area contributed by atoms with Crippen LogP contribution < -0.4 is 21.7 Å². The van der Waals surface area contributed by atoms with E-state index < -0.39 is 0 Å². The maximum atomic E-state index is 6.25. The number of nitrogens with two attached hydrogens (primary N) is 1. The van der Waals surface area contributed by atoms with Gasteiger partial charge in [0.25, 0.3) is 0 Å². The summed E-state index contributed by atoms with van der Waals surface area (Å²) >= 11 is 0. The van der Waals surface area contributed by atoms with Crippen molar-refractivity contribution in [2.75, 3.05) is 39.3 Å². The minimum atomic E-state index is 0.312. The molecule has 1 saturated heterocycles. The first-order chi connectivity index (χ1) is 23.6. The third-order valence-corrected chi connectivity index (χ3v) is 12.4. The van der Waals surface area contributed by atoms with Crippen LogP contribution in [0.15, 0.2) is 91.0 Å². The minimum Gasteiger partial charge on any atom is -0.329 e. The van der Waals surface area contributed by atoms with Crippen LogP contribution in [-0.4, -0.2) is 68.3 Å². The Bertz CT molecular complexity index is 1330. The molecule has 5 heteroatoms. The highest BCUT2D eigenvalue weighted by molar-refractivity contribution is 5.18. The predicted molar refractivity (Wildman–Crippen MR) is 200 cm³/mol. The lowest BCUT2D eigenvalue weighted by atomic mass is 9.49. The van der Waals surface area contributed by atoms with E-state index >= 15 is 0 Å². The molecule has 0 spiro atoms. The summed E-state index contributed by atoms with van der Waals surface area (Å²) in [5, 5.41) is 12.2. The zero-order valence-electron chi connectivity index (χ0n) is 29.2. The number of rotatable bonds is 18. The summed E-state index contributed by atoms with van der Waals surface area (Å²) < 4.78 is 0. The molecule has 3 aromatic rings. The summed E-state index contributed by atoms with van der Waals surface area (Å²) in [5.74, 6) is 3.00. The van der Waals surface area contributed by atoms with Crippen LogP contribution in [0.2, 0.25) is 0 Å². The Labute approximate surface area is 290 Å². The molecular weight excluding hydrogens is 587 g/mol. The second kappa shape index (κ2) is 16.4. The fraction of sp³-hybridized carbons (Fsp3) is 0.581. The minimum absolute atomic E-state index is 0.312. The SMILES string of the molecule is NC[C@H](Cc1ccccc1)NC[C@@H]1CCCN1C[C@H](Cc1ccccc1)NC[C@H](Cc1ccccc1)NCC12CC3CC(CC(C3)C1)C2.